The molecule has 2 nitrogen and oxygen atoms in total. The van der Waals surface area contributed by atoms with Crippen LogP contribution >= 0.6 is 0 Å². The lowest BCUT2D eigenvalue weighted by Crippen LogP contribution is -2.68. The standard InChI is InChI=1S/C30H50O2/c1-25(2)13-14-27(5)15-16-29(7)19(20(27)18-25)9-10-21-28(6)12-11-23(31)26(3,4)22(28)17-24(32)30(21,29)8/h9,20-24,31-32H,10-18H2,1-8H3/t20-,21-,22?,23+,24+,27-,28-,29-,30+/m1/s1. The van der Waals surface area contributed by atoms with Crippen molar-refractivity contribution < 1.29 is 10.2 Å². The normalized spacial score (nSPS) is 56.2. The van der Waals surface area contributed by atoms with Crippen LogP contribution in [0.5, 0.6) is 0 Å². The molecule has 0 aliphatic heterocycles. The van der Waals surface area contributed by atoms with Gasteiger partial charge in [-0.2, -0.15) is 0 Å². The minimum absolute atomic E-state index is 0.0797. The van der Waals surface area contributed by atoms with Crippen LogP contribution in [0.25, 0.3) is 0 Å². The van der Waals surface area contributed by atoms with Crippen LogP contribution in [0.4, 0.5) is 0 Å². The Morgan fingerprint density at radius 2 is 1.44 bits per heavy atom. The number of aliphatic hydroxyl groups excluding tert-OH is 2. The Labute approximate surface area is 197 Å². The van der Waals surface area contributed by atoms with Crippen molar-refractivity contribution in [2.24, 2.45) is 50.2 Å². The van der Waals surface area contributed by atoms with Gasteiger partial charge in [0.05, 0.1) is 12.2 Å². The summed E-state index contributed by atoms with van der Waals surface area (Å²) < 4.78 is 0. The van der Waals surface area contributed by atoms with Gasteiger partial charge in [-0.3, -0.25) is 0 Å². The smallest absolute Gasteiger partial charge is 0.0608 e. The van der Waals surface area contributed by atoms with E-state index in [4.69, 9.17) is 0 Å². The maximum absolute atomic E-state index is 12.0. The minimum atomic E-state index is -0.287. The van der Waals surface area contributed by atoms with Crippen LogP contribution in [0.3, 0.4) is 0 Å². The first-order valence-corrected chi connectivity index (χ1v) is 13.7. The largest absolute Gasteiger partial charge is 0.393 e. The Bertz CT molecular complexity index is 825. The van der Waals surface area contributed by atoms with E-state index in [1.165, 1.54) is 32.1 Å². The molecule has 0 amide bonds. The Morgan fingerprint density at radius 1 is 0.781 bits per heavy atom. The van der Waals surface area contributed by atoms with Crippen LogP contribution in [0, 0.1) is 50.2 Å². The molecule has 0 aromatic carbocycles. The summed E-state index contributed by atoms with van der Waals surface area (Å²) in [6.07, 6.45) is 12.7. The van der Waals surface area contributed by atoms with Gasteiger partial charge < -0.3 is 10.2 Å². The van der Waals surface area contributed by atoms with E-state index in [0.29, 0.717) is 28.6 Å². The molecule has 4 fully saturated rings. The average molecular weight is 443 g/mol. The molecule has 0 aromatic heterocycles. The van der Waals surface area contributed by atoms with Crippen molar-refractivity contribution in [2.75, 3.05) is 0 Å². The summed E-state index contributed by atoms with van der Waals surface area (Å²) >= 11 is 0. The summed E-state index contributed by atoms with van der Waals surface area (Å²) in [5, 5.41) is 22.9. The Hall–Kier alpha value is -0.340. The lowest BCUT2D eigenvalue weighted by molar-refractivity contribution is -0.244. The fraction of sp³-hybridized carbons (Fsp3) is 0.933. The second kappa shape index (κ2) is 6.66. The molecule has 0 spiro atoms. The molecule has 4 saturated carbocycles. The zero-order valence-electron chi connectivity index (χ0n) is 22.2. The summed E-state index contributed by atoms with van der Waals surface area (Å²) in [7, 11) is 0. The van der Waals surface area contributed by atoms with Crippen LogP contribution in [-0.2, 0) is 0 Å². The molecule has 0 saturated heterocycles. The first-order valence-electron chi connectivity index (χ1n) is 13.7. The van der Waals surface area contributed by atoms with E-state index < -0.39 is 0 Å². The van der Waals surface area contributed by atoms with Crippen molar-refractivity contribution in [1.82, 2.24) is 0 Å². The fourth-order valence-corrected chi connectivity index (χ4v) is 10.5. The second-order valence-electron chi connectivity index (χ2n) is 15.3. The van der Waals surface area contributed by atoms with Gasteiger partial charge in [0.1, 0.15) is 0 Å². The molecule has 5 rings (SSSR count). The van der Waals surface area contributed by atoms with Crippen LogP contribution in [0.1, 0.15) is 113 Å². The van der Waals surface area contributed by atoms with Gasteiger partial charge in [0.25, 0.3) is 0 Å². The van der Waals surface area contributed by atoms with Crippen molar-refractivity contribution in [3.05, 3.63) is 11.6 Å². The Balaban J connectivity index is 1.61. The van der Waals surface area contributed by atoms with E-state index >= 15 is 0 Å². The van der Waals surface area contributed by atoms with E-state index in [9.17, 15) is 10.2 Å². The molecule has 5 aliphatic rings. The summed E-state index contributed by atoms with van der Waals surface area (Å²) in [4.78, 5) is 0. The third-order valence-electron chi connectivity index (χ3n) is 13.1. The van der Waals surface area contributed by atoms with Crippen LogP contribution in [0.2, 0.25) is 0 Å². The van der Waals surface area contributed by atoms with Gasteiger partial charge >= 0.3 is 0 Å². The minimum Gasteiger partial charge on any atom is -0.393 e. The van der Waals surface area contributed by atoms with Gasteiger partial charge in [0.2, 0.25) is 0 Å². The summed E-state index contributed by atoms with van der Waals surface area (Å²) in [6.45, 7) is 19.6. The zero-order valence-corrected chi connectivity index (χ0v) is 22.2. The van der Waals surface area contributed by atoms with Gasteiger partial charge in [-0.05, 0) is 103 Å². The topological polar surface area (TPSA) is 40.5 Å². The maximum atomic E-state index is 12.0. The van der Waals surface area contributed by atoms with Gasteiger partial charge in [0, 0.05) is 5.41 Å². The highest BCUT2D eigenvalue weighted by molar-refractivity contribution is 5.34. The van der Waals surface area contributed by atoms with E-state index in [1.807, 2.05) is 0 Å². The molecular formula is C30H50O2. The highest BCUT2D eigenvalue weighted by Gasteiger charge is 2.70. The molecule has 0 bridgehead atoms. The Kier molecular flexibility index (Phi) is 4.87. The number of rotatable bonds is 0. The first-order chi connectivity index (χ1) is 14.6. The van der Waals surface area contributed by atoms with Crippen LogP contribution < -0.4 is 0 Å². The molecule has 0 aromatic rings. The van der Waals surface area contributed by atoms with Gasteiger partial charge in [-0.15, -0.1) is 0 Å². The highest BCUT2D eigenvalue weighted by atomic mass is 16.3. The molecule has 182 valence electrons. The van der Waals surface area contributed by atoms with Gasteiger partial charge in [-0.1, -0.05) is 67.0 Å². The van der Waals surface area contributed by atoms with E-state index in [-0.39, 0.29) is 33.9 Å². The monoisotopic (exact) mass is 442 g/mol. The molecule has 2 N–H and O–H groups in total. The molecule has 0 radical (unpaired) electrons. The molecule has 9 atom stereocenters. The van der Waals surface area contributed by atoms with Gasteiger partial charge in [0.15, 0.2) is 0 Å². The predicted molar refractivity (Wildman–Crippen MR) is 132 cm³/mol. The lowest BCUT2D eigenvalue weighted by Gasteiger charge is -2.72. The quantitative estimate of drug-likeness (QED) is 0.391. The van der Waals surface area contributed by atoms with E-state index in [0.717, 1.165) is 25.7 Å². The van der Waals surface area contributed by atoms with Crippen molar-refractivity contribution in [2.45, 2.75) is 125 Å². The third-order valence-corrected chi connectivity index (χ3v) is 13.1. The van der Waals surface area contributed by atoms with Gasteiger partial charge in [-0.25, -0.2) is 0 Å². The molecule has 1 unspecified atom stereocenters. The van der Waals surface area contributed by atoms with E-state index in [1.54, 1.807) is 5.57 Å². The Morgan fingerprint density at radius 3 is 2.12 bits per heavy atom. The molecule has 32 heavy (non-hydrogen) atoms. The summed E-state index contributed by atoms with van der Waals surface area (Å²) in [5.41, 5.74) is 2.64. The molecule has 5 aliphatic carbocycles. The number of fused-ring (bicyclic) bond motifs is 7. The average Bonchev–Trinajstić information content (AvgIpc) is 2.70. The number of hydrogen-bond donors (Lipinski definition) is 2. The van der Waals surface area contributed by atoms with Crippen LogP contribution in [0.15, 0.2) is 11.6 Å². The lowest BCUT2D eigenvalue weighted by atomic mass is 9.33. The van der Waals surface area contributed by atoms with Crippen molar-refractivity contribution >= 4 is 0 Å². The van der Waals surface area contributed by atoms with Crippen LogP contribution in [-0.4, -0.2) is 22.4 Å². The SMILES string of the molecule is CC1(C)CC[C@]2(C)CC[C@]3(C)C(=CC[C@H]4[C@@]3(C)[C@@H](O)CC3C(C)(C)[C@@H](O)CC[C@@]34C)[C@H]2C1. The maximum Gasteiger partial charge on any atom is 0.0608 e. The van der Waals surface area contributed by atoms with Crippen molar-refractivity contribution in [3.63, 3.8) is 0 Å². The fourth-order valence-electron chi connectivity index (χ4n) is 10.5. The predicted octanol–water partition coefficient (Wildman–Crippen LogP) is 7.14. The zero-order chi connectivity index (χ0) is 23.5. The molecule has 0 heterocycles. The molecule has 2 heteroatoms. The van der Waals surface area contributed by atoms with E-state index in [2.05, 4.69) is 61.5 Å². The molecular weight excluding hydrogens is 392 g/mol. The van der Waals surface area contributed by atoms with Crippen molar-refractivity contribution in [3.8, 4) is 0 Å². The number of allylic oxidation sites excluding steroid dienone is 2. The number of hydrogen-bond acceptors (Lipinski definition) is 2. The highest BCUT2D eigenvalue weighted by Crippen LogP contribution is 2.75. The summed E-state index contributed by atoms with van der Waals surface area (Å²) in [6, 6.07) is 0. The summed E-state index contributed by atoms with van der Waals surface area (Å²) in [5.74, 6) is 1.54. The van der Waals surface area contributed by atoms with Crippen molar-refractivity contribution in [1.29, 1.82) is 0 Å². The number of aliphatic hydroxyl groups is 2. The first kappa shape index (κ1) is 23.4. The third kappa shape index (κ3) is 2.72. The second-order valence-corrected chi connectivity index (χ2v) is 15.3.